The van der Waals surface area contributed by atoms with Gasteiger partial charge in [-0.25, -0.2) is 8.78 Å². The standard InChI is InChI=1S/C17H18F2N2O/c1-11-2-4-13(20-9-11)10-21-16-6-7-22-17(16)12-3-5-14(18)15(19)8-12/h2-5,8-9,16-17,21H,6-7,10H2,1H3/t16-,17-/m1/s1. The first-order valence-corrected chi connectivity index (χ1v) is 7.35. The van der Waals surface area contributed by atoms with E-state index in [1.807, 2.05) is 25.3 Å². The fraction of sp³-hybridized carbons (Fsp3) is 0.353. The van der Waals surface area contributed by atoms with Crippen molar-refractivity contribution < 1.29 is 13.5 Å². The minimum absolute atomic E-state index is 0.0629. The number of aromatic nitrogens is 1. The molecule has 116 valence electrons. The molecule has 2 atom stereocenters. The Kier molecular flexibility index (Phi) is 4.45. The number of pyridine rings is 1. The zero-order valence-corrected chi connectivity index (χ0v) is 12.4. The van der Waals surface area contributed by atoms with E-state index < -0.39 is 11.6 Å². The number of halogens is 2. The summed E-state index contributed by atoms with van der Waals surface area (Å²) in [6.45, 7) is 3.21. The highest BCUT2D eigenvalue weighted by molar-refractivity contribution is 5.22. The van der Waals surface area contributed by atoms with Crippen molar-refractivity contribution in [2.24, 2.45) is 0 Å². The normalized spacial score (nSPS) is 21.2. The molecule has 1 aromatic heterocycles. The highest BCUT2D eigenvalue weighted by Crippen LogP contribution is 2.30. The van der Waals surface area contributed by atoms with Gasteiger partial charge < -0.3 is 10.1 Å². The van der Waals surface area contributed by atoms with E-state index in [9.17, 15) is 8.78 Å². The van der Waals surface area contributed by atoms with E-state index in [2.05, 4.69) is 10.3 Å². The van der Waals surface area contributed by atoms with E-state index in [1.165, 1.54) is 6.07 Å². The number of hydrogen-bond acceptors (Lipinski definition) is 3. The van der Waals surface area contributed by atoms with Crippen molar-refractivity contribution in [3.05, 3.63) is 65.0 Å². The SMILES string of the molecule is Cc1ccc(CN[C@@H]2CCO[C@@H]2c2ccc(F)c(F)c2)nc1. The highest BCUT2D eigenvalue weighted by Gasteiger charge is 2.29. The number of rotatable bonds is 4. The van der Waals surface area contributed by atoms with Crippen molar-refractivity contribution >= 4 is 0 Å². The summed E-state index contributed by atoms with van der Waals surface area (Å²) in [6.07, 6.45) is 2.39. The second-order valence-corrected chi connectivity index (χ2v) is 5.57. The van der Waals surface area contributed by atoms with E-state index in [1.54, 1.807) is 6.07 Å². The first kappa shape index (κ1) is 15.1. The molecule has 0 bridgehead atoms. The first-order valence-electron chi connectivity index (χ1n) is 7.35. The molecule has 0 saturated carbocycles. The van der Waals surface area contributed by atoms with Crippen LogP contribution in [-0.2, 0) is 11.3 Å². The molecule has 1 aliphatic heterocycles. The molecule has 1 saturated heterocycles. The predicted molar refractivity (Wildman–Crippen MR) is 79.3 cm³/mol. The highest BCUT2D eigenvalue weighted by atomic mass is 19.2. The van der Waals surface area contributed by atoms with Crippen LogP contribution in [0.15, 0.2) is 36.5 Å². The average molecular weight is 304 g/mol. The van der Waals surface area contributed by atoms with Crippen molar-refractivity contribution in [1.82, 2.24) is 10.3 Å². The van der Waals surface area contributed by atoms with Crippen LogP contribution in [0.2, 0.25) is 0 Å². The van der Waals surface area contributed by atoms with Gasteiger partial charge in [-0.15, -0.1) is 0 Å². The van der Waals surface area contributed by atoms with Crippen LogP contribution < -0.4 is 5.32 Å². The van der Waals surface area contributed by atoms with Gasteiger partial charge in [0.25, 0.3) is 0 Å². The summed E-state index contributed by atoms with van der Waals surface area (Å²) in [5.41, 5.74) is 2.72. The van der Waals surface area contributed by atoms with Gasteiger partial charge in [-0.2, -0.15) is 0 Å². The molecule has 0 radical (unpaired) electrons. The molecule has 1 aromatic carbocycles. The third-order valence-corrected chi connectivity index (χ3v) is 3.88. The van der Waals surface area contributed by atoms with Crippen LogP contribution >= 0.6 is 0 Å². The average Bonchev–Trinajstić information content (AvgIpc) is 2.98. The van der Waals surface area contributed by atoms with E-state index in [-0.39, 0.29) is 12.1 Å². The van der Waals surface area contributed by atoms with E-state index in [0.29, 0.717) is 18.7 Å². The molecule has 0 unspecified atom stereocenters. The molecule has 1 aliphatic rings. The maximum atomic E-state index is 13.4. The van der Waals surface area contributed by atoms with Gasteiger partial charge in [0.1, 0.15) is 0 Å². The molecule has 3 rings (SSSR count). The molecule has 5 heteroatoms. The Morgan fingerprint density at radius 3 is 2.82 bits per heavy atom. The Labute approximate surface area is 128 Å². The van der Waals surface area contributed by atoms with Crippen LogP contribution in [0.25, 0.3) is 0 Å². The summed E-state index contributed by atoms with van der Waals surface area (Å²) in [4.78, 5) is 4.35. The van der Waals surface area contributed by atoms with E-state index in [4.69, 9.17) is 4.74 Å². The van der Waals surface area contributed by atoms with Gasteiger partial charge in [-0.05, 0) is 42.7 Å². The van der Waals surface area contributed by atoms with Gasteiger partial charge in [-0.3, -0.25) is 4.98 Å². The topological polar surface area (TPSA) is 34.1 Å². The second-order valence-electron chi connectivity index (χ2n) is 5.57. The van der Waals surface area contributed by atoms with Crippen molar-refractivity contribution in [2.75, 3.05) is 6.61 Å². The fourth-order valence-corrected chi connectivity index (χ4v) is 2.66. The minimum atomic E-state index is -0.841. The molecule has 1 N–H and O–H groups in total. The van der Waals surface area contributed by atoms with Crippen molar-refractivity contribution in [2.45, 2.75) is 32.0 Å². The van der Waals surface area contributed by atoms with Gasteiger partial charge >= 0.3 is 0 Å². The summed E-state index contributed by atoms with van der Waals surface area (Å²) in [5, 5.41) is 3.40. The van der Waals surface area contributed by atoms with Crippen molar-refractivity contribution in [1.29, 1.82) is 0 Å². The third-order valence-electron chi connectivity index (χ3n) is 3.88. The van der Waals surface area contributed by atoms with Crippen LogP contribution in [0.1, 0.15) is 29.3 Å². The van der Waals surface area contributed by atoms with E-state index >= 15 is 0 Å². The summed E-state index contributed by atoms with van der Waals surface area (Å²) in [7, 11) is 0. The Morgan fingerprint density at radius 1 is 1.23 bits per heavy atom. The maximum absolute atomic E-state index is 13.4. The lowest BCUT2D eigenvalue weighted by molar-refractivity contribution is 0.0980. The number of hydrogen-bond donors (Lipinski definition) is 1. The molecular weight excluding hydrogens is 286 g/mol. The summed E-state index contributed by atoms with van der Waals surface area (Å²) >= 11 is 0. The molecule has 2 aromatic rings. The first-order chi connectivity index (χ1) is 10.6. The number of aryl methyl sites for hydroxylation is 1. The lowest BCUT2D eigenvalue weighted by Gasteiger charge is -2.20. The lowest BCUT2D eigenvalue weighted by atomic mass is 10.0. The Morgan fingerprint density at radius 2 is 2.09 bits per heavy atom. The number of nitrogens with one attached hydrogen (secondary N) is 1. The fourth-order valence-electron chi connectivity index (χ4n) is 2.66. The zero-order chi connectivity index (χ0) is 15.5. The number of nitrogens with zero attached hydrogens (tertiary/aromatic N) is 1. The maximum Gasteiger partial charge on any atom is 0.159 e. The van der Waals surface area contributed by atoms with Crippen LogP contribution in [0.4, 0.5) is 8.78 Å². The van der Waals surface area contributed by atoms with Gasteiger partial charge in [0.2, 0.25) is 0 Å². The molecule has 2 heterocycles. The van der Waals surface area contributed by atoms with Crippen molar-refractivity contribution in [3.63, 3.8) is 0 Å². The van der Waals surface area contributed by atoms with Crippen molar-refractivity contribution in [3.8, 4) is 0 Å². The minimum Gasteiger partial charge on any atom is -0.372 e. The molecule has 22 heavy (non-hydrogen) atoms. The summed E-state index contributed by atoms with van der Waals surface area (Å²) in [5.74, 6) is -1.68. The van der Waals surface area contributed by atoms with Crippen LogP contribution in [0.5, 0.6) is 0 Å². The monoisotopic (exact) mass is 304 g/mol. The van der Waals surface area contributed by atoms with E-state index in [0.717, 1.165) is 23.7 Å². The van der Waals surface area contributed by atoms with Gasteiger partial charge in [0.05, 0.1) is 11.8 Å². The lowest BCUT2D eigenvalue weighted by Crippen LogP contribution is -2.31. The summed E-state index contributed by atoms with van der Waals surface area (Å²) < 4.78 is 32.1. The smallest absolute Gasteiger partial charge is 0.159 e. The summed E-state index contributed by atoms with van der Waals surface area (Å²) in [6, 6.07) is 7.99. The van der Waals surface area contributed by atoms with Crippen LogP contribution in [0.3, 0.4) is 0 Å². The van der Waals surface area contributed by atoms with Gasteiger partial charge in [0.15, 0.2) is 11.6 Å². The van der Waals surface area contributed by atoms with Gasteiger partial charge in [-0.1, -0.05) is 12.1 Å². The Hall–Kier alpha value is -1.85. The van der Waals surface area contributed by atoms with Crippen LogP contribution in [-0.4, -0.2) is 17.6 Å². The second kappa shape index (κ2) is 6.50. The van der Waals surface area contributed by atoms with Crippen LogP contribution in [0, 0.1) is 18.6 Å². The molecule has 1 fully saturated rings. The Bertz CT molecular complexity index is 646. The van der Waals surface area contributed by atoms with Gasteiger partial charge in [0, 0.05) is 25.4 Å². The number of ether oxygens (including phenoxy) is 1. The third kappa shape index (κ3) is 3.31. The Balaban J connectivity index is 1.67. The molecule has 0 aliphatic carbocycles. The zero-order valence-electron chi connectivity index (χ0n) is 12.4. The molecule has 3 nitrogen and oxygen atoms in total. The molecule has 0 amide bonds. The number of benzene rings is 1. The molecule has 0 spiro atoms. The predicted octanol–water partition coefficient (Wildman–Crippen LogP) is 3.29. The largest absolute Gasteiger partial charge is 0.372 e. The quantitative estimate of drug-likeness (QED) is 0.941. The molecular formula is C17H18F2N2O.